The quantitative estimate of drug-likeness (QED) is 0.812. The van der Waals surface area contributed by atoms with Gasteiger partial charge in [0, 0.05) is 12.3 Å². The van der Waals surface area contributed by atoms with E-state index in [1.807, 2.05) is 0 Å². The van der Waals surface area contributed by atoms with Crippen molar-refractivity contribution in [2.75, 3.05) is 5.32 Å². The van der Waals surface area contributed by atoms with E-state index in [1.54, 1.807) is 12.1 Å². The number of sulfone groups is 1. The minimum Gasteiger partial charge on any atom is -0.480 e. The Morgan fingerprint density at radius 3 is 2.54 bits per heavy atom. The molecule has 0 aliphatic heterocycles. The fraction of sp³-hybridized carbons (Fsp3) is 0.267. The second-order valence-corrected chi connectivity index (χ2v) is 7.81. The number of amides is 1. The molecule has 0 fully saturated rings. The summed E-state index contributed by atoms with van der Waals surface area (Å²) in [7, 11) is -3.62. The second kappa shape index (κ2) is 6.83. The molecule has 2 N–H and O–H groups in total. The van der Waals surface area contributed by atoms with Crippen molar-refractivity contribution in [3.8, 4) is 0 Å². The average molecular weight is 351 g/mol. The van der Waals surface area contributed by atoms with Crippen LogP contribution < -0.4 is 5.32 Å². The van der Waals surface area contributed by atoms with Gasteiger partial charge in [-0.3, -0.25) is 14.3 Å². The number of rotatable bonds is 6. The van der Waals surface area contributed by atoms with E-state index in [2.05, 4.69) is 10.4 Å². The largest absolute Gasteiger partial charge is 0.480 e. The van der Waals surface area contributed by atoms with E-state index >= 15 is 0 Å². The van der Waals surface area contributed by atoms with Gasteiger partial charge in [0.25, 0.3) is 5.91 Å². The second-order valence-electron chi connectivity index (χ2n) is 5.34. The van der Waals surface area contributed by atoms with E-state index < -0.39 is 27.0 Å². The summed E-state index contributed by atoms with van der Waals surface area (Å²) >= 11 is 0. The summed E-state index contributed by atoms with van der Waals surface area (Å²) in [6.45, 7) is 2.74. The first-order chi connectivity index (χ1) is 11.2. The Bertz CT molecular complexity index is 871. The zero-order valence-electron chi connectivity index (χ0n) is 13.1. The Balaban J connectivity index is 2.28. The lowest BCUT2D eigenvalue weighted by molar-refractivity contribution is -0.137. The molecule has 9 heteroatoms. The minimum absolute atomic E-state index is 0.0129. The van der Waals surface area contributed by atoms with E-state index in [9.17, 15) is 18.0 Å². The number of hydrogen-bond acceptors (Lipinski definition) is 5. The Morgan fingerprint density at radius 1 is 1.25 bits per heavy atom. The van der Waals surface area contributed by atoms with E-state index in [4.69, 9.17) is 5.11 Å². The number of benzene rings is 1. The van der Waals surface area contributed by atoms with Gasteiger partial charge in [-0.1, -0.05) is 12.1 Å². The number of nitrogens with zero attached hydrogens (tertiary/aromatic N) is 2. The number of carboxylic acids is 1. The third-order valence-electron chi connectivity index (χ3n) is 3.24. The van der Waals surface area contributed by atoms with Gasteiger partial charge in [-0.15, -0.1) is 0 Å². The highest BCUT2D eigenvalue weighted by Crippen LogP contribution is 2.21. The van der Waals surface area contributed by atoms with Crippen LogP contribution in [-0.2, 0) is 21.2 Å². The number of aromatic nitrogens is 2. The molecule has 1 heterocycles. The van der Waals surface area contributed by atoms with Crippen LogP contribution in [0.5, 0.6) is 0 Å². The monoisotopic (exact) mass is 351 g/mol. The lowest BCUT2D eigenvalue weighted by Gasteiger charge is -2.12. The number of hydrogen-bond donors (Lipinski definition) is 2. The molecule has 0 saturated carbocycles. The van der Waals surface area contributed by atoms with Gasteiger partial charge in [0.1, 0.15) is 6.54 Å². The SMILES string of the molecule is CC(C)S(=O)(=O)c1ccccc1C(=O)Nc1ccn(CC(=O)O)n1. The molecular formula is C15H17N3O5S. The van der Waals surface area contributed by atoms with Crippen molar-refractivity contribution in [1.29, 1.82) is 0 Å². The Kier molecular flexibility index (Phi) is 5.03. The molecule has 0 spiro atoms. The number of carboxylic acid groups (broad SMARTS) is 1. The molecule has 24 heavy (non-hydrogen) atoms. The maximum atomic E-state index is 12.4. The standard InChI is InChI=1S/C15H17N3O5S/c1-10(2)24(22,23)12-6-4-3-5-11(12)15(21)16-13-7-8-18(17-13)9-14(19)20/h3-8,10H,9H2,1-2H3,(H,19,20)(H,16,17,21). The molecule has 2 aromatic rings. The molecule has 0 saturated heterocycles. The molecule has 1 aromatic carbocycles. The smallest absolute Gasteiger partial charge is 0.325 e. The minimum atomic E-state index is -3.62. The molecule has 0 aliphatic carbocycles. The first kappa shape index (κ1) is 17.7. The van der Waals surface area contributed by atoms with Gasteiger partial charge in [-0.05, 0) is 26.0 Å². The number of nitrogens with one attached hydrogen (secondary N) is 1. The number of carbonyl (C=O) groups excluding carboxylic acids is 1. The third kappa shape index (κ3) is 3.80. The molecule has 0 atom stereocenters. The van der Waals surface area contributed by atoms with Crippen LogP contribution in [0.4, 0.5) is 5.82 Å². The van der Waals surface area contributed by atoms with Crippen LogP contribution in [0.1, 0.15) is 24.2 Å². The van der Waals surface area contributed by atoms with Crippen LogP contribution in [0.15, 0.2) is 41.4 Å². The van der Waals surface area contributed by atoms with Crippen LogP contribution in [0, 0.1) is 0 Å². The first-order valence-electron chi connectivity index (χ1n) is 7.11. The number of aliphatic carboxylic acids is 1. The fourth-order valence-electron chi connectivity index (χ4n) is 1.99. The van der Waals surface area contributed by atoms with Gasteiger partial charge in [-0.2, -0.15) is 5.10 Å². The fourth-order valence-corrected chi connectivity index (χ4v) is 3.24. The van der Waals surface area contributed by atoms with Crippen molar-refractivity contribution < 1.29 is 23.1 Å². The molecule has 1 aromatic heterocycles. The van der Waals surface area contributed by atoms with Crippen LogP contribution in [0.2, 0.25) is 0 Å². The molecule has 8 nitrogen and oxygen atoms in total. The average Bonchev–Trinajstić information content (AvgIpc) is 2.93. The summed E-state index contributed by atoms with van der Waals surface area (Å²) in [5, 5.41) is 14.4. The zero-order chi connectivity index (χ0) is 17.9. The number of anilines is 1. The van der Waals surface area contributed by atoms with Crippen LogP contribution in [0.3, 0.4) is 0 Å². The predicted molar refractivity (Wildman–Crippen MR) is 86.6 cm³/mol. The summed E-state index contributed by atoms with van der Waals surface area (Å²) < 4.78 is 25.9. The molecule has 0 unspecified atom stereocenters. The highest BCUT2D eigenvalue weighted by atomic mass is 32.2. The molecule has 0 bridgehead atoms. The van der Waals surface area contributed by atoms with Gasteiger partial charge >= 0.3 is 5.97 Å². The van der Waals surface area contributed by atoms with Crippen molar-refractivity contribution in [1.82, 2.24) is 9.78 Å². The van der Waals surface area contributed by atoms with Crippen molar-refractivity contribution in [3.63, 3.8) is 0 Å². The summed E-state index contributed by atoms with van der Waals surface area (Å²) in [4.78, 5) is 23.0. The zero-order valence-corrected chi connectivity index (χ0v) is 13.9. The summed E-state index contributed by atoms with van der Waals surface area (Å²) in [5.41, 5.74) is 0.0129. The Morgan fingerprint density at radius 2 is 1.92 bits per heavy atom. The summed E-state index contributed by atoms with van der Waals surface area (Å²) in [6, 6.07) is 7.34. The van der Waals surface area contributed by atoms with E-state index in [1.165, 1.54) is 38.2 Å². The lowest BCUT2D eigenvalue weighted by atomic mass is 10.2. The topological polar surface area (TPSA) is 118 Å². The Hall–Kier alpha value is -2.68. The van der Waals surface area contributed by atoms with Crippen molar-refractivity contribution in [2.45, 2.75) is 30.5 Å². The Labute approximate surface area is 139 Å². The van der Waals surface area contributed by atoms with Crippen LogP contribution in [0.25, 0.3) is 0 Å². The normalized spacial score (nSPS) is 11.5. The first-order valence-corrected chi connectivity index (χ1v) is 8.66. The van der Waals surface area contributed by atoms with Gasteiger partial charge in [-0.25, -0.2) is 8.42 Å². The van der Waals surface area contributed by atoms with Crippen LogP contribution >= 0.6 is 0 Å². The van der Waals surface area contributed by atoms with E-state index in [0.717, 1.165) is 4.68 Å². The molecule has 2 rings (SSSR count). The molecule has 128 valence electrons. The van der Waals surface area contributed by atoms with E-state index in [0.29, 0.717) is 0 Å². The highest BCUT2D eigenvalue weighted by molar-refractivity contribution is 7.92. The molecule has 0 aliphatic rings. The van der Waals surface area contributed by atoms with Gasteiger partial charge < -0.3 is 10.4 Å². The van der Waals surface area contributed by atoms with Crippen LogP contribution in [-0.4, -0.2) is 40.4 Å². The lowest BCUT2D eigenvalue weighted by Crippen LogP contribution is -2.21. The number of carbonyl (C=O) groups is 2. The summed E-state index contributed by atoms with van der Waals surface area (Å²) in [5.74, 6) is -1.56. The van der Waals surface area contributed by atoms with Gasteiger partial charge in [0.15, 0.2) is 15.7 Å². The third-order valence-corrected chi connectivity index (χ3v) is 5.45. The van der Waals surface area contributed by atoms with Gasteiger partial charge in [0.2, 0.25) is 0 Å². The molecule has 1 amide bonds. The van der Waals surface area contributed by atoms with Crippen molar-refractivity contribution >= 4 is 27.5 Å². The predicted octanol–water partition coefficient (Wildman–Crippen LogP) is 1.40. The molecule has 0 radical (unpaired) electrons. The van der Waals surface area contributed by atoms with Crippen molar-refractivity contribution in [2.24, 2.45) is 0 Å². The maximum absolute atomic E-state index is 12.4. The van der Waals surface area contributed by atoms with Gasteiger partial charge in [0.05, 0.1) is 15.7 Å². The molecular weight excluding hydrogens is 334 g/mol. The van der Waals surface area contributed by atoms with Crippen molar-refractivity contribution in [3.05, 3.63) is 42.1 Å². The highest BCUT2D eigenvalue weighted by Gasteiger charge is 2.25. The van der Waals surface area contributed by atoms with E-state index in [-0.39, 0.29) is 22.8 Å². The maximum Gasteiger partial charge on any atom is 0.325 e. The summed E-state index contributed by atoms with van der Waals surface area (Å²) in [6.07, 6.45) is 1.40.